The number of hydrogen-bond donors (Lipinski definition) is 1. The third kappa shape index (κ3) is 4.57. The number of benzene rings is 2. The van der Waals surface area contributed by atoms with Crippen molar-refractivity contribution in [1.82, 2.24) is 5.32 Å². The highest BCUT2D eigenvalue weighted by Crippen LogP contribution is 2.25. The van der Waals surface area contributed by atoms with Crippen molar-refractivity contribution >= 4 is 40.8 Å². The van der Waals surface area contributed by atoms with Gasteiger partial charge < -0.3 is 0 Å². The van der Waals surface area contributed by atoms with Crippen LogP contribution in [0.5, 0.6) is 0 Å². The van der Waals surface area contributed by atoms with Crippen molar-refractivity contribution in [3.63, 3.8) is 0 Å². The van der Waals surface area contributed by atoms with E-state index in [9.17, 15) is 9.59 Å². The van der Waals surface area contributed by atoms with Crippen LogP contribution < -0.4 is 10.2 Å². The smallest absolute Gasteiger partial charge is 0.294 e. The number of carbonyl (C=O) groups is 2. The SMILES string of the molecule is CCC(C)c1ccc(N(CC)C(=O)NC(=O)c2c(Cl)cccc2Cl)cc1. The number of carbonyl (C=O) groups excluding carboxylic acids is 2. The molecule has 0 aliphatic carbocycles. The van der Waals surface area contributed by atoms with Crippen molar-refractivity contribution in [2.45, 2.75) is 33.1 Å². The molecule has 1 atom stereocenters. The van der Waals surface area contributed by atoms with Crippen molar-refractivity contribution in [3.8, 4) is 0 Å². The second kappa shape index (κ2) is 9.06. The third-order valence-corrected chi connectivity index (χ3v) is 4.99. The van der Waals surface area contributed by atoms with E-state index in [4.69, 9.17) is 23.2 Å². The first kappa shape index (κ1) is 20.3. The van der Waals surface area contributed by atoms with E-state index in [2.05, 4.69) is 19.2 Å². The second-order valence-corrected chi connectivity index (χ2v) is 6.82. The van der Waals surface area contributed by atoms with E-state index in [0.29, 0.717) is 12.5 Å². The number of rotatable bonds is 5. The molecule has 0 fully saturated rings. The Morgan fingerprint density at radius 1 is 1.04 bits per heavy atom. The number of nitrogens with zero attached hydrogens (tertiary/aromatic N) is 1. The monoisotopic (exact) mass is 392 g/mol. The average molecular weight is 393 g/mol. The zero-order valence-corrected chi connectivity index (χ0v) is 16.6. The largest absolute Gasteiger partial charge is 0.328 e. The van der Waals surface area contributed by atoms with Gasteiger partial charge >= 0.3 is 6.03 Å². The van der Waals surface area contributed by atoms with Gasteiger partial charge in [0.25, 0.3) is 5.91 Å². The van der Waals surface area contributed by atoms with E-state index in [1.165, 1.54) is 10.5 Å². The standard InChI is InChI=1S/C20H22Cl2N2O2/c1-4-13(3)14-9-11-15(12-10-14)24(5-2)20(26)23-19(25)18-16(21)7-6-8-17(18)22/h6-13H,4-5H2,1-3H3,(H,23,25,26). The third-order valence-electron chi connectivity index (χ3n) is 4.36. The molecule has 0 radical (unpaired) electrons. The summed E-state index contributed by atoms with van der Waals surface area (Å²) >= 11 is 12.1. The molecule has 0 saturated heterocycles. The van der Waals surface area contributed by atoms with Gasteiger partial charge in [-0.2, -0.15) is 0 Å². The molecule has 0 aliphatic rings. The summed E-state index contributed by atoms with van der Waals surface area (Å²) in [4.78, 5) is 26.5. The zero-order chi connectivity index (χ0) is 19.3. The van der Waals surface area contributed by atoms with Gasteiger partial charge in [0.1, 0.15) is 0 Å². The molecule has 6 heteroatoms. The summed E-state index contributed by atoms with van der Waals surface area (Å²) in [5.41, 5.74) is 2.02. The molecule has 2 rings (SSSR count). The van der Waals surface area contributed by atoms with Gasteiger partial charge in [-0.05, 0) is 49.1 Å². The lowest BCUT2D eigenvalue weighted by Gasteiger charge is -2.22. The summed E-state index contributed by atoms with van der Waals surface area (Å²) in [6.45, 7) is 6.55. The van der Waals surface area contributed by atoms with E-state index in [1.54, 1.807) is 18.2 Å². The van der Waals surface area contributed by atoms with Crippen LogP contribution >= 0.6 is 23.2 Å². The highest BCUT2D eigenvalue weighted by atomic mass is 35.5. The molecule has 1 N–H and O–H groups in total. The summed E-state index contributed by atoms with van der Waals surface area (Å²) in [5, 5.41) is 2.75. The maximum atomic E-state index is 12.6. The van der Waals surface area contributed by atoms with Crippen LogP contribution in [0.25, 0.3) is 0 Å². The fourth-order valence-corrected chi connectivity index (χ4v) is 3.17. The van der Waals surface area contributed by atoms with Gasteiger partial charge in [-0.15, -0.1) is 0 Å². The molecule has 1 unspecified atom stereocenters. The quantitative estimate of drug-likeness (QED) is 0.689. The number of amides is 3. The molecule has 0 heterocycles. The second-order valence-electron chi connectivity index (χ2n) is 6.00. The molecule has 0 aromatic heterocycles. The summed E-state index contributed by atoms with van der Waals surface area (Å²) in [6.07, 6.45) is 1.05. The average Bonchev–Trinajstić information content (AvgIpc) is 2.62. The van der Waals surface area contributed by atoms with E-state index >= 15 is 0 Å². The molecule has 0 aliphatic heterocycles. The Kier molecular flexibility index (Phi) is 7.06. The molecule has 0 saturated carbocycles. The topological polar surface area (TPSA) is 49.4 Å². The van der Waals surface area contributed by atoms with Gasteiger partial charge in [-0.3, -0.25) is 15.0 Å². The summed E-state index contributed by atoms with van der Waals surface area (Å²) in [7, 11) is 0. The number of anilines is 1. The van der Waals surface area contributed by atoms with Crippen molar-refractivity contribution in [1.29, 1.82) is 0 Å². The van der Waals surface area contributed by atoms with Crippen molar-refractivity contribution in [2.24, 2.45) is 0 Å². The molecule has 4 nitrogen and oxygen atoms in total. The van der Waals surface area contributed by atoms with Crippen LogP contribution in [0, 0.1) is 0 Å². The fraction of sp³-hybridized carbons (Fsp3) is 0.300. The van der Waals surface area contributed by atoms with Crippen LogP contribution in [0.15, 0.2) is 42.5 Å². The molecule has 3 amide bonds. The van der Waals surface area contributed by atoms with Gasteiger partial charge in [0.2, 0.25) is 0 Å². The minimum atomic E-state index is -0.625. The Labute approximate surface area is 164 Å². The lowest BCUT2D eigenvalue weighted by molar-refractivity contribution is 0.0966. The predicted molar refractivity (Wildman–Crippen MR) is 107 cm³/mol. The Hall–Kier alpha value is -2.04. The molecule has 2 aromatic rings. The highest BCUT2D eigenvalue weighted by Gasteiger charge is 2.21. The van der Waals surface area contributed by atoms with E-state index in [0.717, 1.165) is 12.1 Å². The molecular formula is C20H22Cl2N2O2. The lowest BCUT2D eigenvalue weighted by atomic mass is 9.98. The molecule has 2 aromatic carbocycles. The van der Waals surface area contributed by atoms with Gasteiger partial charge in [0.05, 0.1) is 15.6 Å². The first-order valence-corrected chi connectivity index (χ1v) is 9.31. The Balaban J connectivity index is 2.17. The van der Waals surface area contributed by atoms with Crippen molar-refractivity contribution in [3.05, 3.63) is 63.6 Å². The van der Waals surface area contributed by atoms with Crippen LogP contribution in [-0.2, 0) is 0 Å². The van der Waals surface area contributed by atoms with Crippen LogP contribution in [0.3, 0.4) is 0 Å². The molecular weight excluding hydrogens is 371 g/mol. The van der Waals surface area contributed by atoms with E-state index in [1.807, 2.05) is 31.2 Å². The van der Waals surface area contributed by atoms with E-state index < -0.39 is 11.9 Å². The number of imide groups is 1. The van der Waals surface area contributed by atoms with Crippen LogP contribution in [-0.4, -0.2) is 18.5 Å². The van der Waals surface area contributed by atoms with Crippen LogP contribution in [0.2, 0.25) is 10.0 Å². The molecule has 0 bridgehead atoms. The van der Waals surface area contributed by atoms with Gasteiger partial charge in [0, 0.05) is 12.2 Å². The van der Waals surface area contributed by atoms with Gasteiger partial charge in [0.15, 0.2) is 0 Å². The predicted octanol–water partition coefficient (Wildman–Crippen LogP) is 5.88. The number of urea groups is 1. The summed E-state index contributed by atoms with van der Waals surface area (Å²) in [5.74, 6) is -0.169. The minimum Gasteiger partial charge on any atom is -0.294 e. The Bertz CT molecular complexity index is 771. The molecule has 138 valence electrons. The Morgan fingerprint density at radius 3 is 2.12 bits per heavy atom. The van der Waals surface area contributed by atoms with Gasteiger partial charge in [-0.25, -0.2) is 4.79 Å². The van der Waals surface area contributed by atoms with Crippen LogP contribution in [0.1, 0.15) is 49.0 Å². The Morgan fingerprint density at radius 2 is 1.62 bits per heavy atom. The number of nitrogens with one attached hydrogen (secondary N) is 1. The number of halogens is 2. The lowest BCUT2D eigenvalue weighted by Crippen LogP contribution is -2.43. The molecule has 26 heavy (non-hydrogen) atoms. The maximum Gasteiger partial charge on any atom is 0.328 e. The zero-order valence-electron chi connectivity index (χ0n) is 15.1. The van der Waals surface area contributed by atoms with E-state index in [-0.39, 0.29) is 15.6 Å². The highest BCUT2D eigenvalue weighted by molar-refractivity contribution is 6.40. The summed E-state index contributed by atoms with van der Waals surface area (Å²) < 4.78 is 0. The maximum absolute atomic E-state index is 12.6. The van der Waals surface area contributed by atoms with Crippen molar-refractivity contribution in [2.75, 3.05) is 11.4 Å². The number of hydrogen-bond acceptors (Lipinski definition) is 2. The molecule has 0 spiro atoms. The normalized spacial score (nSPS) is 11.7. The minimum absolute atomic E-state index is 0.0901. The fourth-order valence-electron chi connectivity index (χ4n) is 2.60. The first-order chi connectivity index (χ1) is 12.4. The van der Waals surface area contributed by atoms with Crippen LogP contribution in [0.4, 0.5) is 10.5 Å². The van der Waals surface area contributed by atoms with Crippen molar-refractivity contribution < 1.29 is 9.59 Å². The first-order valence-electron chi connectivity index (χ1n) is 8.55. The van der Waals surface area contributed by atoms with Gasteiger partial charge in [-0.1, -0.05) is 55.2 Å². The summed E-state index contributed by atoms with van der Waals surface area (Å²) in [6, 6.07) is 12.0.